The van der Waals surface area contributed by atoms with Crippen molar-refractivity contribution < 1.29 is 4.79 Å². The molecule has 1 amide bonds. The first kappa shape index (κ1) is 14.9. The Balaban J connectivity index is 2.20. The molecule has 20 heavy (non-hydrogen) atoms. The summed E-state index contributed by atoms with van der Waals surface area (Å²) in [6.45, 7) is 5.43. The highest BCUT2D eigenvalue weighted by Gasteiger charge is 2.15. The quantitative estimate of drug-likeness (QED) is 0.767. The van der Waals surface area contributed by atoms with E-state index in [2.05, 4.69) is 6.07 Å². The average Bonchev–Trinajstić information content (AvgIpc) is 2.48. The van der Waals surface area contributed by atoms with Crippen LogP contribution in [0.4, 0.5) is 0 Å². The number of nitrogens with zero attached hydrogens (tertiary/aromatic N) is 1. The zero-order valence-electron chi connectivity index (χ0n) is 12.0. The van der Waals surface area contributed by atoms with Crippen LogP contribution in [0.3, 0.4) is 0 Å². The van der Waals surface area contributed by atoms with E-state index in [0.29, 0.717) is 0 Å². The van der Waals surface area contributed by atoms with Crippen LogP contribution in [0.5, 0.6) is 0 Å². The number of hydrogen-bond donors (Lipinski definition) is 0. The molecule has 0 saturated heterocycles. The third-order valence-electron chi connectivity index (χ3n) is 3.70. The molecule has 1 aliphatic carbocycles. The van der Waals surface area contributed by atoms with Crippen LogP contribution in [0, 0.1) is 0 Å². The molecule has 0 spiro atoms. The van der Waals surface area contributed by atoms with Gasteiger partial charge in [0.25, 0.3) is 0 Å². The van der Waals surface area contributed by atoms with Crippen LogP contribution in [-0.2, 0) is 11.2 Å². The highest BCUT2D eigenvalue weighted by Crippen LogP contribution is 2.34. The van der Waals surface area contributed by atoms with Gasteiger partial charge in [-0.05, 0) is 43.4 Å². The van der Waals surface area contributed by atoms with Crippen molar-refractivity contribution in [3.8, 4) is 0 Å². The molecular weight excluding hydrogens is 270 g/mol. The van der Waals surface area contributed by atoms with Gasteiger partial charge in [0.2, 0.25) is 5.91 Å². The van der Waals surface area contributed by atoms with Crippen LogP contribution in [-0.4, -0.2) is 23.9 Å². The van der Waals surface area contributed by atoms with Crippen molar-refractivity contribution in [1.29, 1.82) is 0 Å². The SMILES string of the molecule is CCN(CC)C(=O)C=CC1=C(Cl)c2ccccc2CC1. The number of likely N-dealkylation sites (N-methyl/N-ethyl adjacent to an activating group) is 1. The van der Waals surface area contributed by atoms with Crippen molar-refractivity contribution in [2.75, 3.05) is 13.1 Å². The summed E-state index contributed by atoms with van der Waals surface area (Å²) in [4.78, 5) is 13.8. The van der Waals surface area contributed by atoms with Gasteiger partial charge in [-0.25, -0.2) is 0 Å². The molecule has 0 unspecified atom stereocenters. The summed E-state index contributed by atoms with van der Waals surface area (Å²) < 4.78 is 0. The number of aryl methyl sites for hydroxylation is 1. The van der Waals surface area contributed by atoms with Gasteiger partial charge in [0.05, 0.1) is 5.03 Å². The van der Waals surface area contributed by atoms with Crippen molar-refractivity contribution >= 4 is 22.5 Å². The molecule has 3 heteroatoms. The van der Waals surface area contributed by atoms with Crippen LogP contribution >= 0.6 is 11.6 Å². The lowest BCUT2D eigenvalue weighted by molar-refractivity contribution is -0.125. The van der Waals surface area contributed by atoms with E-state index in [4.69, 9.17) is 11.6 Å². The van der Waals surface area contributed by atoms with Crippen LogP contribution in [0.25, 0.3) is 5.03 Å². The van der Waals surface area contributed by atoms with E-state index in [1.54, 1.807) is 11.0 Å². The Bertz CT molecular complexity index is 556. The fourth-order valence-corrected chi connectivity index (χ4v) is 2.82. The van der Waals surface area contributed by atoms with Gasteiger partial charge in [0.1, 0.15) is 0 Å². The summed E-state index contributed by atoms with van der Waals surface area (Å²) in [5.74, 6) is 0.0471. The van der Waals surface area contributed by atoms with Crippen molar-refractivity contribution in [3.63, 3.8) is 0 Å². The number of allylic oxidation sites excluding steroid dienone is 2. The molecule has 0 saturated carbocycles. The van der Waals surface area contributed by atoms with Gasteiger partial charge in [0, 0.05) is 19.2 Å². The van der Waals surface area contributed by atoms with Crippen LogP contribution in [0.1, 0.15) is 31.4 Å². The number of hydrogen-bond acceptors (Lipinski definition) is 1. The number of halogens is 1. The predicted octanol–water partition coefficient (Wildman–Crippen LogP) is 4.01. The topological polar surface area (TPSA) is 20.3 Å². The maximum Gasteiger partial charge on any atom is 0.246 e. The van der Waals surface area contributed by atoms with Gasteiger partial charge in [-0.1, -0.05) is 41.9 Å². The lowest BCUT2D eigenvalue weighted by atomic mass is 9.92. The second-order valence-corrected chi connectivity index (χ2v) is 5.22. The molecule has 1 aromatic carbocycles. The second kappa shape index (κ2) is 6.76. The molecule has 0 heterocycles. The Labute approximate surface area is 125 Å². The minimum Gasteiger partial charge on any atom is -0.340 e. The van der Waals surface area contributed by atoms with E-state index < -0.39 is 0 Å². The number of carbonyl (C=O) groups is 1. The van der Waals surface area contributed by atoms with Crippen molar-refractivity contribution in [1.82, 2.24) is 4.90 Å². The van der Waals surface area contributed by atoms with E-state index in [1.165, 1.54) is 5.56 Å². The van der Waals surface area contributed by atoms with Gasteiger partial charge in [-0.3, -0.25) is 4.79 Å². The fraction of sp³-hybridized carbons (Fsp3) is 0.353. The molecule has 0 aromatic heterocycles. The number of fused-ring (bicyclic) bond motifs is 1. The van der Waals surface area contributed by atoms with Gasteiger partial charge < -0.3 is 4.90 Å². The number of amides is 1. The summed E-state index contributed by atoms with van der Waals surface area (Å²) >= 11 is 6.45. The molecule has 2 nitrogen and oxygen atoms in total. The Hall–Kier alpha value is -1.54. The molecule has 1 aliphatic rings. The van der Waals surface area contributed by atoms with E-state index in [-0.39, 0.29) is 5.91 Å². The Morgan fingerprint density at radius 1 is 1.25 bits per heavy atom. The smallest absolute Gasteiger partial charge is 0.246 e. The van der Waals surface area contributed by atoms with Crippen LogP contribution in [0.2, 0.25) is 0 Å². The fourth-order valence-electron chi connectivity index (χ4n) is 2.47. The van der Waals surface area contributed by atoms with E-state index in [9.17, 15) is 4.79 Å². The first-order valence-corrected chi connectivity index (χ1v) is 7.49. The van der Waals surface area contributed by atoms with Crippen molar-refractivity contribution in [2.45, 2.75) is 26.7 Å². The zero-order chi connectivity index (χ0) is 14.5. The summed E-state index contributed by atoms with van der Waals surface area (Å²) in [6, 6.07) is 8.18. The molecule has 0 atom stereocenters. The minimum absolute atomic E-state index is 0.0471. The summed E-state index contributed by atoms with van der Waals surface area (Å²) in [7, 11) is 0. The van der Waals surface area contributed by atoms with E-state index >= 15 is 0 Å². The number of carbonyl (C=O) groups excluding carboxylic acids is 1. The molecule has 0 aliphatic heterocycles. The third-order valence-corrected chi connectivity index (χ3v) is 4.15. The average molecular weight is 290 g/mol. The number of benzene rings is 1. The third kappa shape index (κ3) is 3.13. The lowest BCUT2D eigenvalue weighted by Crippen LogP contribution is -2.28. The Morgan fingerprint density at radius 3 is 2.65 bits per heavy atom. The molecule has 0 N–H and O–H groups in total. The first-order valence-electron chi connectivity index (χ1n) is 7.11. The predicted molar refractivity (Wildman–Crippen MR) is 84.6 cm³/mol. The maximum absolute atomic E-state index is 12.0. The molecule has 0 radical (unpaired) electrons. The van der Waals surface area contributed by atoms with Gasteiger partial charge in [0.15, 0.2) is 0 Å². The lowest BCUT2D eigenvalue weighted by Gasteiger charge is -2.18. The highest BCUT2D eigenvalue weighted by atomic mass is 35.5. The Kier molecular flexibility index (Phi) is 5.02. The Morgan fingerprint density at radius 2 is 1.95 bits per heavy atom. The first-order chi connectivity index (χ1) is 9.67. The highest BCUT2D eigenvalue weighted by molar-refractivity contribution is 6.49. The molecule has 0 fully saturated rings. The molecule has 0 bridgehead atoms. The van der Waals surface area contributed by atoms with Crippen molar-refractivity contribution in [3.05, 3.63) is 53.1 Å². The van der Waals surface area contributed by atoms with Crippen LogP contribution < -0.4 is 0 Å². The van der Waals surface area contributed by atoms with Gasteiger partial charge in [-0.2, -0.15) is 0 Å². The maximum atomic E-state index is 12.0. The molecular formula is C17H20ClNO. The van der Waals surface area contributed by atoms with E-state index in [1.807, 2.05) is 38.1 Å². The second-order valence-electron chi connectivity index (χ2n) is 4.84. The van der Waals surface area contributed by atoms with Crippen molar-refractivity contribution in [2.24, 2.45) is 0 Å². The molecule has 106 valence electrons. The van der Waals surface area contributed by atoms with Gasteiger partial charge >= 0.3 is 0 Å². The molecule has 2 rings (SSSR count). The van der Waals surface area contributed by atoms with Gasteiger partial charge in [-0.15, -0.1) is 0 Å². The number of rotatable bonds is 4. The van der Waals surface area contributed by atoms with Crippen LogP contribution in [0.15, 0.2) is 42.0 Å². The summed E-state index contributed by atoms with van der Waals surface area (Å²) in [5.41, 5.74) is 3.42. The minimum atomic E-state index is 0.0471. The van der Waals surface area contributed by atoms with E-state index in [0.717, 1.165) is 42.1 Å². The zero-order valence-corrected chi connectivity index (χ0v) is 12.8. The monoisotopic (exact) mass is 289 g/mol. The largest absolute Gasteiger partial charge is 0.340 e. The molecule has 1 aromatic rings. The normalized spacial score (nSPS) is 14.6. The summed E-state index contributed by atoms with van der Waals surface area (Å²) in [6.07, 6.45) is 5.38. The standard InChI is InChI=1S/C17H20ClNO/c1-3-19(4-2)16(20)12-11-14-10-9-13-7-5-6-8-15(13)17(14)18/h5-8,11-12H,3-4,9-10H2,1-2H3. The summed E-state index contributed by atoms with van der Waals surface area (Å²) in [5, 5.41) is 0.774.